The molecule has 0 aliphatic heterocycles. The third-order valence-electron chi connectivity index (χ3n) is 4.03. The quantitative estimate of drug-likeness (QED) is 0.279. The molecule has 0 N–H and O–H groups in total. The van der Waals surface area contributed by atoms with Crippen molar-refractivity contribution in [3.63, 3.8) is 0 Å². The second kappa shape index (κ2) is 10.2. The molecule has 0 saturated carbocycles. The van der Waals surface area contributed by atoms with Gasteiger partial charge in [0.15, 0.2) is 0 Å². The Morgan fingerprint density at radius 1 is 0.600 bits per heavy atom. The van der Waals surface area contributed by atoms with E-state index in [0.717, 1.165) is 0 Å². The van der Waals surface area contributed by atoms with Gasteiger partial charge in [0.25, 0.3) is 0 Å². The van der Waals surface area contributed by atoms with Crippen LogP contribution in [0.25, 0.3) is 0 Å². The third kappa shape index (κ3) is 7.23. The van der Waals surface area contributed by atoms with Crippen molar-refractivity contribution in [2.75, 3.05) is 0 Å². The molecule has 0 atom stereocenters. The van der Waals surface area contributed by atoms with Crippen LogP contribution in [0, 0.1) is 10.3 Å². The zero-order valence-electron chi connectivity index (χ0n) is 17.2. The van der Waals surface area contributed by atoms with E-state index in [0.29, 0.717) is 0 Å². The van der Waals surface area contributed by atoms with Crippen LogP contribution < -0.4 is 13.1 Å². The second-order valence-electron chi connectivity index (χ2n) is 7.66. The van der Waals surface area contributed by atoms with Crippen molar-refractivity contribution >= 4 is 41.9 Å². The molecule has 0 saturated heterocycles. The summed E-state index contributed by atoms with van der Waals surface area (Å²) in [5, 5.41) is 0. The van der Waals surface area contributed by atoms with E-state index in [1.54, 1.807) is 0 Å². The van der Waals surface area contributed by atoms with Crippen molar-refractivity contribution in [3.8, 4) is 10.3 Å². The molecule has 0 aromatic heterocycles. The van der Waals surface area contributed by atoms with Gasteiger partial charge in [0.2, 0.25) is 0 Å². The van der Waals surface area contributed by atoms with E-state index < -0.39 is 28.9 Å². The molecule has 0 aliphatic carbocycles. The number of hydrogen-bond donors (Lipinski definition) is 0. The van der Waals surface area contributed by atoms with Gasteiger partial charge in [-0.05, 0) is 0 Å². The molecule has 0 spiro atoms. The van der Waals surface area contributed by atoms with Crippen LogP contribution in [0.15, 0.2) is 91.0 Å². The molecule has 156 valence electrons. The first kappa shape index (κ1) is 24.1. The van der Waals surface area contributed by atoms with Crippen LogP contribution in [-0.4, -0.2) is 28.9 Å². The predicted molar refractivity (Wildman–Crippen MR) is 125 cm³/mol. The molecule has 3 rings (SSSR count). The van der Waals surface area contributed by atoms with E-state index in [1.165, 1.54) is 13.1 Å². The van der Waals surface area contributed by atoms with Crippen molar-refractivity contribution in [2.45, 2.75) is 19.6 Å². The normalized spacial score (nSPS) is 11.6. The van der Waals surface area contributed by atoms with Crippen LogP contribution in [0.2, 0.25) is 19.6 Å². The summed E-state index contributed by atoms with van der Waals surface area (Å²) in [7, 11) is -7.48. The minimum Gasteiger partial charge on any atom is -0.418 e. The van der Waals surface area contributed by atoms with Gasteiger partial charge in [-0.1, -0.05) is 0 Å². The molecule has 3 aromatic rings. The first-order chi connectivity index (χ1) is 14.0. The zero-order valence-corrected chi connectivity index (χ0v) is 20.1. The Morgan fingerprint density at radius 2 is 0.867 bits per heavy atom. The first-order valence-corrected chi connectivity index (χ1v) is 16.8. The summed E-state index contributed by atoms with van der Waals surface area (Å²) in [5.41, 5.74) is 3.72. The van der Waals surface area contributed by atoms with Gasteiger partial charge in [-0.3, -0.25) is 0 Å². The molecule has 3 aromatic carbocycles. The molecular formula is C23H24AsBF4Si. The van der Waals surface area contributed by atoms with Gasteiger partial charge < -0.3 is 17.3 Å². The molecule has 0 aliphatic rings. The Labute approximate surface area is 179 Å². The maximum atomic E-state index is 9.75. The predicted octanol–water partition coefficient (Wildman–Crippen LogP) is 4.88. The van der Waals surface area contributed by atoms with Gasteiger partial charge in [0, 0.05) is 0 Å². The molecule has 30 heavy (non-hydrogen) atoms. The van der Waals surface area contributed by atoms with E-state index in [4.69, 9.17) is 0 Å². The van der Waals surface area contributed by atoms with E-state index in [-0.39, 0.29) is 0 Å². The van der Waals surface area contributed by atoms with Crippen molar-refractivity contribution in [1.29, 1.82) is 0 Å². The molecule has 0 unspecified atom stereocenters. The van der Waals surface area contributed by atoms with Gasteiger partial charge in [-0.15, -0.1) is 0 Å². The van der Waals surface area contributed by atoms with Gasteiger partial charge in [0.05, 0.1) is 0 Å². The monoisotopic (exact) mass is 490 g/mol. The van der Waals surface area contributed by atoms with Crippen LogP contribution in [-0.2, 0) is 0 Å². The Bertz CT molecular complexity index is 874. The molecule has 0 amide bonds. The van der Waals surface area contributed by atoms with Gasteiger partial charge >= 0.3 is 163 Å². The van der Waals surface area contributed by atoms with E-state index in [9.17, 15) is 17.3 Å². The smallest absolute Gasteiger partial charge is 0.418 e. The Balaban J connectivity index is 0.000000575. The van der Waals surface area contributed by atoms with Gasteiger partial charge in [-0.2, -0.15) is 0 Å². The maximum Gasteiger partial charge on any atom is 0.673 e. The molecule has 0 fully saturated rings. The SMILES string of the molecule is C[Si](C)(C)C#C[As+](c1ccccc1)(c1ccccc1)c1ccccc1.F[B-](F)(F)F. The largest absolute Gasteiger partial charge is 0.673 e. The van der Waals surface area contributed by atoms with Crippen LogP contribution in [0.4, 0.5) is 17.3 Å². The third-order valence-corrected chi connectivity index (χ3v) is 13.1. The maximum absolute atomic E-state index is 9.75. The molecule has 0 nitrogen and oxygen atoms in total. The van der Waals surface area contributed by atoms with Crippen molar-refractivity contribution < 1.29 is 17.3 Å². The number of halogens is 4. The van der Waals surface area contributed by atoms with Crippen LogP contribution in [0.1, 0.15) is 0 Å². The molecule has 0 heterocycles. The van der Waals surface area contributed by atoms with Gasteiger partial charge in [-0.25, -0.2) is 0 Å². The molecule has 7 heteroatoms. The minimum atomic E-state index is -6.00. The van der Waals surface area contributed by atoms with Crippen molar-refractivity contribution in [1.82, 2.24) is 0 Å². The summed E-state index contributed by atoms with van der Waals surface area (Å²) in [6, 6.07) is 32.8. The van der Waals surface area contributed by atoms with Crippen molar-refractivity contribution in [2.24, 2.45) is 0 Å². The van der Waals surface area contributed by atoms with E-state index in [1.807, 2.05) is 0 Å². The Kier molecular flexibility index (Phi) is 8.18. The number of benzene rings is 3. The average molecular weight is 490 g/mol. The fourth-order valence-corrected chi connectivity index (χ4v) is 13.1. The van der Waals surface area contributed by atoms with E-state index in [2.05, 4.69) is 121 Å². The average Bonchev–Trinajstić information content (AvgIpc) is 2.69. The fraction of sp³-hybridized carbons (Fsp3) is 0.130. The standard InChI is InChI=1S/C23H24AsSi.BF4/c1-25(2,3)20-19-24(21-13-7-4-8-14-21,22-15-9-5-10-16-22)23-17-11-6-12-18-23;2-1(3,4)5/h4-18H,1-3H3;/q+1;-1. The van der Waals surface area contributed by atoms with Crippen molar-refractivity contribution in [3.05, 3.63) is 91.0 Å². The summed E-state index contributed by atoms with van der Waals surface area (Å²) < 4.78 is 47.1. The van der Waals surface area contributed by atoms with Gasteiger partial charge in [0.1, 0.15) is 0 Å². The van der Waals surface area contributed by atoms with Crippen LogP contribution in [0.3, 0.4) is 0 Å². The number of rotatable bonds is 3. The molecular weight excluding hydrogens is 466 g/mol. The minimum absolute atomic E-state index is 1.39. The summed E-state index contributed by atoms with van der Waals surface area (Å²) in [5.74, 6) is 0. The fourth-order valence-electron chi connectivity index (χ4n) is 2.85. The number of hydrogen-bond acceptors (Lipinski definition) is 0. The van der Waals surface area contributed by atoms with E-state index >= 15 is 0 Å². The van der Waals surface area contributed by atoms with Crippen LogP contribution >= 0.6 is 0 Å². The molecule has 0 bridgehead atoms. The zero-order chi connectivity index (χ0) is 22.3. The second-order valence-corrected chi connectivity index (χ2v) is 18.9. The summed E-state index contributed by atoms with van der Waals surface area (Å²) >= 11 is -2.82. The molecule has 0 radical (unpaired) electrons. The van der Waals surface area contributed by atoms with Crippen LogP contribution in [0.5, 0.6) is 0 Å². The summed E-state index contributed by atoms with van der Waals surface area (Å²) in [4.78, 5) is 0. The summed E-state index contributed by atoms with van der Waals surface area (Å²) in [6.07, 6.45) is 0. The Morgan fingerprint density at radius 3 is 1.10 bits per heavy atom. The topological polar surface area (TPSA) is 0 Å². The summed E-state index contributed by atoms with van der Waals surface area (Å²) in [6.45, 7) is 6.97. The first-order valence-electron chi connectivity index (χ1n) is 9.50. The Hall–Kier alpha value is -2.22.